The third kappa shape index (κ3) is 3.73. The van der Waals surface area contributed by atoms with E-state index in [4.69, 9.17) is 16.3 Å². The number of methoxy groups -OCH3 is 1. The molecular weight excluding hydrogens is 295 g/mol. The second kappa shape index (κ2) is 6.13. The van der Waals surface area contributed by atoms with Crippen molar-refractivity contribution in [2.75, 3.05) is 25.1 Å². The van der Waals surface area contributed by atoms with E-state index in [1.807, 2.05) is 0 Å². The molecule has 0 unspecified atom stereocenters. The molecule has 0 atom stereocenters. The SMILES string of the molecule is COCc1nc(Cl)cc(N2CCC(C(F)(F)F)CC2)n1. The first-order valence-electron chi connectivity index (χ1n) is 6.24. The lowest BCUT2D eigenvalue weighted by molar-refractivity contribution is -0.179. The van der Waals surface area contributed by atoms with Crippen molar-refractivity contribution in [1.82, 2.24) is 9.97 Å². The molecule has 0 bridgehead atoms. The number of hydrogen-bond acceptors (Lipinski definition) is 4. The van der Waals surface area contributed by atoms with E-state index in [2.05, 4.69) is 9.97 Å². The Balaban J connectivity index is 2.07. The van der Waals surface area contributed by atoms with Crippen LogP contribution in [0.5, 0.6) is 0 Å². The lowest BCUT2D eigenvalue weighted by Gasteiger charge is -2.33. The molecule has 0 N–H and O–H groups in total. The molecule has 1 aliphatic heterocycles. The summed E-state index contributed by atoms with van der Waals surface area (Å²) in [5, 5.41) is 0.264. The van der Waals surface area contributed by atoms with Gasteiger partial charge >= 0.3 is 6.18 Å². The number of aromatic nitrogens is 2. The Morgan fingerprint density at radius 3 is 2.55 bits per heavy atom. The minimum atomic E-state index is -4.11. The van der Waals surface area contributed by atoms with Crippen molar-refractivity contribution in [1.29, 1.82) is 0 Å². The van der Waals surface area contributed by atoms with E-state index in [-0.39, 0.29) is 24.6 Å². The number of halogens is 4. The van der Waals surface area contributed by atoms with Crippen molar-refractivity contribution < 1.29 is 17.9 Å². The molecule has 1 fully saturated rings. The number of nitrogens with zero attached hydrogens (tertiary/aromatic N) is 3. The van der Waals surface area contributed by atoms with E-state index in [9.17, 15) is 13.2 Å². The van der Waals surface area contributed by atoms with Gasteiger partial charge in [0.05, 0.1) is 5.92 Å². The van der Waals surface area contributed by atoms with Crippen molar-refractivity contribution in [3.8, 4) is 0 Å². The number of anilines is 1. The number of rotatable bonds is 3. The maximum Gasteiger partial charge on any atom is 0.391 e. The molecule has 4 nitrogen and oxygen atoms in total. The molecule has 0 radical (unpaired) electrons. The summed E-state index contributed by atoms with van der Waals surface area (Å²) < 4.78 is 42.8. The molecule has 0 saturated carbocycles. The van der Waals surface area contributed by atoms with Crippen LogP contribution in [0.4, 0.5) is 19.0 Å². The van der Waals surface area contributed by atoms with Gasteiger partial charge in [0.15, 0.2) is 5.82 Å². The van der Waals surface area contributed by atoms with Gasteiger partial charge in [0.2, 0.25) is 0 Å². The molecule has 0 aliphatic carbocycles. The molecule has 1 aromatic rings. The van der Waals surface area contributed by atoms with Crippen LogP contribution >= 0.6 is 11.6 Å². The fourth-order valence-electron chi connectivity index (χ4n) is 2.24. The van der Waals surface area contributed by atoms with Crippen molar-refractivity contribution in [2.24, 2.45) is 5.92 Å². The van der Waals surface area contributed by atoms with Crippen LogP contribution in [0.2, 0.25) is 5.15 Å². The first-order chi connectivity index (χ1) is 9.40. The summed E-state index contributed by atoms with van der Waals surface area (Å²) in [6.45, 7) is 0.834. The van der Waals surface area contributed by atoms with E-state index >= 15 is 0 Å². The van der Waals surface area contributed by atoms with E-state index in [1.54, 1.807) is 11.0 Å². The van der Waals surface area contributed by atoms with Crippen LogP contribution in [0, 0.1) is 5.92 Å². The quantitative estimate of drug-likeness (QED) is 0.804. The standard InChI is InChI=1S/C12H15ClF3N3O/c1-20-7-10-17-9(13)6-11(18-10)19-4-2-8(3-5-19)12(14,15)16/h6,8H,2-5,7H2,1H3. The third-order valence-corrected chi connectivity index (χ3v) is 3.48. The van der Waals surface area contributed by atoms with Crippen LogP contribution in [-0.2, 0) is 11.3 Å². The largest absolute Gasteiger partial charge is 0.391 e. The molecule has 112 valence electrons. The molecular formula is C12H15ClF3N3O. The Morgan fingerprint density at radius 2 is 2.00 bits per heavy atom. The lowest BCUT2D eigenvalue weighted by Crippen LogP contribution is -2.39. The predicted octanol–water partition coefficient (Wildman–Crippen LogP) is 3.06. The summed E-state index contributed by atoms with van der Waals surface area (Å²) in [6.07, 6.45) is -3.97. The summed E-state index contributed by atoms with van der Waals surface area (Å²) in [7, 11) is 1.51. The van der Waals surface area contributed by atoms with Crippen LogP contribution in [0.1, 0.15) is 18.7 Å². The average Bonchev–Trinajstić information content (AvgIpc) is 2.37. The molecule has 1 saturated heterocycles. The predicted molar refractivity (Wildman–Crippen MR) is 68.7 cm³/mol. The minimum absolute atomic E-state index is 0.0741. The average molecular weight is 310 g/mol. The number of ether oxygens (including phenoxy) is 1. The highest BCUT2D eigenvalue weighted by Gasteiger charge is 2.41. The maximum absolute atomic E-state index is 12.6. The zero-order valence-corrected chi connectivity index (χ0v) is 11.7. The Labute approximate surface area is 119 Å². The summed E-state index contributed by atoms with van der Waals surface area (Å²) in [6, 6.07) is 1.56. The van der Waals surface area contributed by atoms with Crippen LogP contribution in [0.15, 0.2) is 6.07 Å². The zero-order chi connectivity index (χ0) is 14.8. The van der Waals surface area contributed by atoms with Gasteiger partial charge < -0.3 is 9.64 Å². The van der Waals surface area contributed by atoms with Crippen LogP contribution in [0.3, 0.4) is 0 Å². The van der Waals surface area contributed by atoms with Crippen molar-refractivity contribution >= 4 is 17.4 Å². The fraction of sp³-hybridized carbons (Fsp3) is 0.667. The molecule has 1 aromatic heterocycles. The van der Waals surface area contributed by atoms with Gasteiger partial charge in [-0.15, -0.1) is 0 Å². The van der Waals surface area contributed by atoms with Gasteiger partial charge in [0, 0.05) is 26.3 Å². The van der Waals surface area contributed by atoms with Gasteiger partial charge in [-0.2, -0.15) is 13.2 Å². The van der Waals surface area contributed by atoms with E-state index in [1.165, 1.54) is 7.11 Å². The fourth-order valence-corrected chi connectivity index (χ4v) is 2.44. The molecule has 20 heavy (non-hydrogen) atoms. The third-order valence-electron chi connectivity index (χ3n) is 3.28. The Bertz CT molecular complexity index is 462. The van der Waals surface area contributed by atoms with Gasteiger partial charge in [0.25, 0.3) is 0 Å². The minimum Gasteiger partial charge on any atom is -0.377 e. The zero-order valence-electron chi connectivity index (χ0n) is 11.0. The molecule has 0 aromatic carbocycles. The maximum atomic E-state index is 12.6. The van der Waals surface area contributed by atoms with Crippen molar-refractivity contribution in [3.63, 3.8) is 0 Å². The Morgan fingerprint density at radius 1 is 1.35 bits per heavy atom. The van der Waals surface area contributed by atoms with Crippen LogP contribution < -0.4 is 4.90 Å². The van der Waals surface area contributed by atoms with Gasteiger partial charge in [-0.05, 0) is 12.8 Å². The number of alkyl halides is 3. The van der Waals surface area contributed by atoms with E-state index in [0.29, 0.717) is 24.7 Å². The molecule has 1 aliphatic rings. The summed E-state index contributed by atoms with van der Waals surface area (Å²) >= 11 is 5.89. The van der Waals surface area contributed by atoms with Crippen molar-refractivity contribution in [3.05, 3.63) is 17.0 Å². The summed E-state index contributed by atoms with van der Waals surface area (Å²) in [5.41, 5.74) is 0. The second-order valence-corrected chi connectivity index (χ2v) is 5.09. The van der Waals surface area contributed by atoms with Gasteiger partial charge in [-0.3, -0.25) is 0 Å². The normalized spacial score (nSPS) is 17.6. The monoisotopic (exact) mass is 309 g/mol. The van der Waals surface area contributed by atoms with Gasteiger partial charge in [0.1, 0.15) is 17.6 Å². The van der Waals surface area contributed by atoms with Crippen LogP contribution in [-0.4, -0.2) is 36.3 Å². The molecule has 0 amide bonds. The molecule has 8 heteroatoms. The van der Waals surface area contributed by atoms with Gasteiger partial charge in [-0.25, -0.2) is 9.97 Å². The topological polar surface area (TPSA) is 38.2 Å². The smallest absolute Gasteiger partial charge is 0.377 e. The second-order valence-electron chi connectivity index (χ2n) is 4.70. The summed E-state index contributed by atoms with van der Waals surface area (Å²) in [5.74, 6) is -0.250. The first kappa shape index (κ1) is 15.3. The van der Waals surface area contributed by atoms with E-state index < -0.39 is 12.1 Å². The lowest BCUT2D eigenvalue weighted by atomic mass is 9.96. The molecule has 2 heterocycles. The highest BCUT2D eigenvalue weighted by molar-refractivity contribution is 6.29. The van der Waals surface area contributed by atoms with Crippen molar-refractivity contribution in [2.45, 2.75) is 25.6 Å². The molecule has 2 rings (SSSR count). The molecule has 0 spiro atoms. The van der Waals surface area contributed by atoms with Gasteiger partial charge in [-0.1, -0.05) is 11.6 Å². The number of piperidine rings is 1. The van der Waals surface area contributed by atoms with Crippen LogP contribution in [0.25, 0.3) is 0 Å². The first-order valence-corrected chi connectivity index (χ1v) is 6.62. The summed E-state index contributed by atoms with van der Waals surface area (Å²) in [4.78, 5) is 10.1. The Hall–Kier alpha value is -1.08. The number of hydrogen-bond donors (Lipinski definition) is 0. The highest BCUT2D eigenvalue weighted by atomic mass is 35.5. The highest BCUT2D eigenvalue weighted by Crippen LogP contribution is 2.35. The Kier molecular flexibility index (Phi) is 4.70. The van der Waals surface area contributed by atoms with E-state index in [0.717, 1.165) is 0 Å².